The van der Waals surface area contributed by atoms with Crippen molar-refractivity contribution in [3.63, 3.8) is 0 Å². The molecule has 0 aliphatic heterocycles. The second kappa shape index (κ2) is 6.28. The summed E-state index contributed by atoms with van der Waals surface area (Å²) < 4.78 is 0. The third-order valence-corrected chi connectivity index (χ3v) is 2.98. The summed E-state index contributed by atoms with van der Waals surface area (Å²) in [6, 6.07) is 6.72. The first-order valence-corrected chi connectivity index (χ1v) is 6.13. The minimum atomic E-state index is -0.209. The molecular formula is C14H21NO2. The number of hydrogen-bond donors (Lipinski definition) is 2. The van der Waals surface area contributed by atoms with Gasteiger partial charge in [-0.05, 0) is 31.4 Å². The lowest BCUT2D eigenvalue weighted by Crippen LogP contribution is -2.33. The molecule has 0 aliphatic rings. The molecule has 3 heteroatoms. The predicted molar refractivity (Wildman–Crippen MR) is 69.1 cm³/mol. The Kier molecular flexibility index (Phi) is 5.01. The summed E-state index contributed by atoms with van der Waals surface area (Å²) in [6.45, 7) is 6.30. The summed E-state index contributed by atoms with van der Waals surface area (Å²) in [7, 11) is 0. The summed E-state index contributed by atoms with van der Waals surface area (Å²) in [6.07, 6.45) is 2.06. The lowest BCUT2D eigenvalue weighted by atomic mass is 10.00. The van der Waals surface area contributed by atoms with E-state index in [1.165, 1.54) is 6.07 Å². The lowest BCUT2D eigenvalue weighted by Gasteiger charge is -2.17. The Balaban J connectivity index is 2.58. The van der Waals surface area contributed by atoms with Crippen LogP contribution < -0.4 is 5.32 Å². The minimum Gasteiger partial charge on any atom is -0.507 e. The van der Waals surface area contributed by atoms with Gasteiger partial charge in [-0.2, -0.15) is 0 Å². The summed E-state index contributed by atoms with van der Waals surface area (Å²) >= 11 is 0. The lowest BCUT2D eigenvalue weighted by molar-refractivity contribution is 0.0932. The minimum absolute atomic E-state index is 0.0285. The average Bonchev–Trinajstić information content (AvgIpc) is 2.29. The van der Waals surface area contributed by atoms with E-state index in [9.17, 15) is 9.90 Å². The van der Waals surface area contributed by atoms with Crippen LogP contribution in [-0.4, -0.2) is 17.1 Å². The van der Waals surface area contributed by atoms with Crippen LogP contribution in [0.15, 0.2) is 24.3 Å². The molecular weight excluding hydrogens is 214 g/mol. The zero-order valence-corrected chi connectivity index (χ0v) is 10.7. The maximum absolute atomic E-state index is 11.9. The summed E-state index contributed by atoms with van der Waals surface area (Å²) in [5.41, 5.74) is 0.337. The molecule has 0 aromatic heterocycles. The van der Waals surface area contributed by atoms with Crippen molar-refractivity contribution in [3.05, 3.63) is 29.8 Å². The van der Waals surface area contributed by atoms with Crippen LogP contribution in [0, 0.1) is 5.92 Å². The molecule has 0 bridgehead atoms. The fourth-order valence-electron chi connectivity index (χ4n) is 1.80. The highest BCUT2D eigenvalue weighted by Gasteiger charge is 2.14. The first-order valence-electron chi connectivity index (χ1n) is 6.13. The van der Waals surface area contributed by atoms with E-state index in [1.54, 1.807) is 18.2 Å². The Hall–Kier alpha value is -1.51. The van der Waals surface area contributed by atoms with Gasteiger partial charge in [-0.15, -0.1) is 0 Å². The first kappa shape index (κ1) is 13.6. The molecule has 2 N–H and O–H groups in total. The number of nitrogens with one attached hydrogen (secondary N) is 1. The van der Waals surface area contributed by atoms with Crippen LogP contribution in [0.3, 0.4) is 0 Å². The normalized spacial score (nSPS) is 14.1. The van der Waals surface area contributed by atoms with Crippen LogP contribution in [0.4, 0.5) is 0 Å². The summed E-state index contributed by atoms with van der Waals surface area (Å²) in [5, 5.41) is 12.5. The van der Waals surface area contributed by atoms with Crippen molar-refractivity contribution in [2.75, 3.05) is 0 Å². The van der Waals surface area contributed by atoms with Gasteiger partial charge in [0.1, 0.15) is 5.75 Å². The smallest absolute Gasteiger partial charge is 0.255 e. The van der Waals surface area contributed by atoms with Gasteiger partial charge >= 0.3 is 0 Å². The maximum atomic E-state index is 11.9. The molecule has 17 heavy (non-hydrogen) atoms. The molecule has 0 saturated carbocycles. The monoisotopic (exact) mass is 235 g/mol. The molecule has 0 heterocycles. The van der Waals surface area contributed by atoms with Gasteiger partial charge in [-0.25, -0.2) is 0 Å². The average molecular weight is 235 g/mol. The van der Waals surface area contributed by atoms with Crippen molar-refractivity contribution in [1.29, 1.82) is 0 Å². The number of aromatic hydroxyl groups is 1. The molecule has 3 nitrogen and oxygen atoms in total. The number of para-hydroxylation sites is 1. The van der Waals surface area contributed by atoms with E-state index in [1.807, 2.05) is 6.92 Å². The third kappa shape index (κ3) is 4.10. The fourth-order valence-corrected chi connectivity index (χ4v) is 1.80. The van der Waals surface area contributed by atoms with Crippen molar-refractivity contribution in [1.82, 2.24) is 5.32 Å². The van der Waals surface area contributed by atoms with Crippen LogP contribution in [-0.2, 0) is 0 Å². The first-order chi connectivity index (χ1) is 8.04. The highest BCUT2D eigenvalue weighted by atomic mass is 16.3. The zero-order valence-electron chi connectivity index (χ0n) is 10.7. The third-order valence-electron chi connectivity index (χ3n) is 2.98. The molecule has 2 atom stereocenters. The van der Waals surface area contributed by atoms with Gasteiger partial charge in [-0.3, -0.25) is 4.79 Å². The van der Waals surface area contributed by atoms with Crippen molar-refractivity contribution in [2.24, 2.45) is 5.92 Å². The number of hydrogen-bond acceptors (Lipinski definition) is 2. The van der Waals surface area contributed by atoms with Crippen LogP contribution in [0.1, 0.15) is 44.0 Å². The quantitative estimate of drug-likeness (QED) is 0.824. The van der Waals surface area contributed by atoms with Crippen LogP contribution in [0.2, 0.25) is 0 Å². The molecule has 1 aromatic rings. The SMILES string of the molecule is CCC(C)CC(C)NC(=O)c1ccccc1O. The number of rotatable bonds is 5. The standard InChI is InChI=1S/C14H21NO2/c1-4-10(2)9-11(3)15-14(17)12-7-5-6-8-13(12)16/h5-8,10-11,16H,4,9H2,1-3H3,(H,15,17). The van der Waals surface area contributed by atoms with Gasteiger partial charge < -0.3 is 10.4 Å². The van der Waals surface area contributed by atoms with Gasteiger partial charge in [-0.1, -0.05) is 32.4 Å². The molecule has 0 spiro atoms. The van der Waals surface area contributed by atoms with E-state index in [4.69, 9.17) is 0 Å². The Labute approximate surface area is 103 Å². The molecule has 94 valence electrons. The Morgan fingerprint density at radius 1 is 1.35 bits per heavy atom. The number of phenols is 1. The molecule has 2 unspecified atom stereocenters. The van der Waals surface area contributed by atoms with E-state index in [2.05, 4.69) is 19.2 Å². The van der Waals surface area contributed by atoms with Crippen LogP contribution in [0.5, 0.6) is 5.75 Å². The molecule has 1 amide bonds. The van der Waals surface area contributed by atoms with Crippen molar-refractivity contribution in [3.8, 4) is 5.75 Å². The second-order valence-corrected chi connectivity index (χ2v) is 4.64. The maximum Gasteiger partial charge on any atom is 0.255 e. The molecule has 0 aliphatic carbocycles. The number of benzene rings is 1. The van der Waals surface area contributed by atoms with E-state index in [0.29, 0.717) is 11.5 Å². The van der Waals surface area contributed by atoms with Crippen molar-refractivity contribution >= 4 is 5.91 Å². The van der Waals surface area contributed by atoms with Crippen molar-refractivity contribution < 1.29 is 9.90 Å². The number of carbonyl (C=O) groups excluding carboxylic acids is 1. The van der Waals surface area contributed by atoms with Gasteiger partial charge in [0.2, 0.25) is 0 Å². The van der Waals surface area contributed by atoms with E-state index in [-0.39, 0.29) is 17.7 Å². The number of phenolic OH excluding ortho intramolecular Hbond substituents is 1. The topological polar surface area (TPSA) is 49.3 Å². The Morgan fingerprint density at radius 3 is 2.59 bits per heavy atom. The molecule has 1 aromatic carbocycles. The second-order valence-electron chi connectivity index (χ2n) is 4.64. The largest absolute Gasteiger partial charge is 0.507 e. The van der Waals surface area contributed by atoms with Gasteiger partial charge in [0.25, 0.3) is 5.91 Å². The highest BCUT2D eigenvalue weighted by Crippen LogP contribution is 2.16. The molecule has 1 rings (SSSR count). The molecule has 0 saturated heterocycles. The molecule has 0 radical (unpaired) electrons. The summed E-state index contributed by atoms with van der Waals surface area (Å²) in [5.74, 6) is 0.411. The van der Waals surface area contributed by atoms with E-state index < -0.39 is 0 Å². The van der Waals surface area contributed by atoms with E-state index in [0.717, 1.165) is 12.8 Å². The van der Waals surface area contributed by atoms with Gasteiger partial charge in [0.05, 0.1) is 5.56 Å². The summed E-state index contributed by atoms with van der Waals surface area (Å²) in [4.78, 5) is 11.9. The van der Waals surface area contributed by atoms with Gasteiger partial charge in [0.15, 0.2) is 0 Å². The van der Waals surface area contributed by atoms with Crippen LogP contribution in [0.25, 0.3) is 0 Å². The predicted octanol–water partition coefficient (Wildman–Crippen LogP) is 2.95. The Morgan fingerprint density at radius 2 is 2.00 bits per heavy atom. The van der Waals surface area contributed by atoms with Crippen molar-refractivity contribution in [2.45, 2.75) is 39.7 Å². The fraction of sp³-hybridized carbons (Fsp3) is 0.500. The zero-order chi connectivity index (χ0) is 12.8. The molecule has 0 fully saturated rings. The van der Waals surface area contributed by atoms with Crippen LogP contribution >= 0.6 is 0 Å². The van der Waals surface area contributed by atoms with Gasteiger partial charge in [0, 0.05) is 6.04 Å². The van der Waals surface area contributed by atoms with E-state index >= 15 is 0 Å². The highest BCUT2D eigenvalue weighted by molar-refractivity contribution is 5.96. The number of carbonyl (C=O) groups is 1. The number of amides is 1. The Bertz CT molecular complexity index is 376.